The third-order valence-electron chi connectivity index (χ3n) is 4.33. The summed E-state index contributed by atoms with van der Waals surface area (Å²) in [5.41, 5.74) is 3.33. The van der Waals surface area contributed by atoms with Gasteiger partial charge in [0.25, 0.3) is 0 Å². The molecule has 1 aliphatic rings. The van der Waals surface area contributed by atoms with E-state index >= 15 is 0 Å². The van der Waals surface area contributed by atoms with Gasteiger partial charge in [-0.05, 0) is 48.1 Å². The maximum atomic E-state index is 13.6. The van der Waals surface area contributed by atoms with Crippen molar-refractivity contribution in [3.63, 3.8) is 0 Å². The summed E-state index contributed by atoms with van der Waals surface area (Å²) >= 11 is 0. The van der Waals surface area contributed by atoms with E-state index < -0.39 is 5.82 Å². The standard InChI is InChI=1S/C19H20FNO2/c1-23-18-10-6-13(12-16(18)20)7-11-19(22)21-17-9-8-14-4-2-3-5-15(14)17/h2-6,10,12,17H,7-9,11H2,1H3,(H,21,22). The van der Waals surface area contributed by atoms with Gasteiger partial charge in [0, 0.05) is 6.42 Å². The molecule has 120 valence electrons. The van der Waals surface area contributed by atoms with Crippen molar-refractivity contribution in [2.24, 2.45) is 0 Å². The number of benzene rings is 2. The summed E-state index contributed by atoms with van der Waals surface area (Å²) in [4.78, 5) is 12.2. The number of carbonyl (C=O) groups is 1. The highest BCUT2D eigenvalue weighted by molar-refractivity contribution is 5.77. The van der Waals surface area contributed by atoms with Gasteiger partial charge in [-0.2, -0.15) is 0 Å². The number of halogens is 1. The molecule has 0 fully saturated rings. The first-order valence-corrected chi connectivity index (χ1v) is 7.87. The molecule has 23 heavy (non-hydrogen) atoms. The molecule has 1 amide bonds. The van der Waals surface area contributed by atoms with Gasteiger partial charge in [0.2, 0.25) is 5.91 Å². The number of ether oxygens (including phenoxy) is 1. The van der Waals surface area contributed by atoms with Crippen LogP contribution in [0.4, 0.5) is 4.39 Å². The molecule has 2 aromatic carbocycles. The number of hydrogen-bond donors (Lipinski definition) is 1. The van der Waals surface area contributed by atoms with Gasteiger partial charge in [0.1, 0.15) is 0 Å². The minimum Gasteiger partial charge on any atom is -0.494 e. The van der Waals surface area contributed by atoms with Crippen molar-refractivity contribution in [1.29, 1.82) is 0 Å². The molecule has 0 spiro atoms. The van der Waals surface area contributed by atoms with Crippen molar-refractivity contribution >= 4 is 5.91 Å². The molecule has 1 atom stereocenters. The van der Waals surface area contributed by atoms with E-state index in [0.29, 0.717) is 12.8 Å². The molecule has 2 aromatic rings. The lowest BCUT2D eigenvalue weighted by Crippen LogP contribution is -2.27. The van der Waals surface area contributed by atoms with Crippen LogP contribution in [-0.2, 0) is 17.6 Å². The molecule has 1 N–H and O–H groups in total. The molecule has 0 saturated heterocycles. The van der Waals surface area contributed by atoms with Crippen LogP contribution in [0, 0.1) is 5.82 Å². The highest BCUT2D eigenvalue weighted by Crippen LogP contribution is 2.30. The van der Waals surface area contributed by atoms with E-state index in [1.54, 1.807) is 12.1 Å². The Morgan fingerprint density at radius 3 is 2.91 bits per heavy atom. The molecular formula is C19H20FNO2. The van der Waals surface area contributed by atoms with Gasteiger partial charge < -0.3 is 10.1 Å². The van der Waals surface area contributed by atoms with E-state index in [4.69, 9.17) is 4.74 Å². The molecule has 3 rings (SSSR count). The van der Waals surface area contributed by atoms with Gasteiger partial charge in [-0.1, -0.05) is 30.3 Å². The van der Waals surface area contributed by atoms with Crippen LogP contribution in [0.2, 0.25) is 0 Å². The fraction of sp³-hybridized carbons (Fsp3) is 0.316. The van der Waals surface area contributed by atoms with E-state index in [9.17, 15) is 9.18 Å². The topological polar surface area (TPSA) is 38.3 Å². The molecule has 0 heterocycles. The Bertz CT molecular complexity index is 714. The average Bonchev–Trinajstić information content (AvgIpc) is 2.96. The summed E-state index contributed by atoms with van der Waals surface area (Å²) in [6.07, 6.45) is 2.82. The monoisotopic (exact) mass is 313 g/mol. The Kier molecular flexibility index (Phi) is 4.60. The van der Waals surface area contributed by atoms with Gasteiger partial charge in [0.15, 0.2) is 11.6 Å². The third kappa shape index (κ3) is 3.52. The van der Waals surface area contributed by atoms with Crippen LogP contribution in [0.15, 0.2) is 42.5 Å². The van der Waals surface area contributed by atoms with Crippen LogP contribution >= 0.6 is 0 Å². The van der Waals surface area contributed by atoms with Crippen LogP contribution in [0.1, 0.15) is 35.6 Å². The maximum Gasteiger partial charge on any atom is 0.220 e. The number of aryl methyl sites for hydroxylation is 2. The van der Waals surface area contributed by atoms with Gasteiger partial charge in [-0.15, -0.1) is 0 Å². The molecule has 0 saturated carbocycles. The second kappa shape index (κ2) is 6.82. The zero-order valence-electron chi connectivity index (χ0n) is 13.1. The molecular weight excluding hydrogens is 293 g/mol. The van der Waals surface area contributed by atoms with Crippen molar-refractivity contribution in [2.75, 3.05) is 7.11 Å². The second-order valence-electron chi connectivity index (χ2n) is 5.83. The number of fused-ring (bicyclic) bond motifs is 1. The Morgan fingerprint density at radius 1 is 1.30 bits per heavy atom. The molecule has 1 unspecified atom stereocenters. The number of methoxy groups -OCH3 is 1. The largest absolute Gasteiger partial charge is 0.494 e. The normalized spacial score (nSPS) is 16.0. The Labute approximate surface area is 135 Å². The summed E-state index contributed by atoms with van der Waals surface area (Å²) in [7, 11) is 1.44. The first kappa shape index (κ1) is 15.5. The lowest BCUT2D eigenvalue weighted by molar-refractivity contribution is -0.121. The van der Waals surface area contributed by atoms with Gasteiger partial charge in [-0.3, -0.25) is 4.79 Å². The molecule has 0 bridgehead atoms. The molecule has 0 aromatic heterocycles. The van der Waals surface area contributed by atoms with Crippen LogP contribution in [0.25, 0.3) is 0 Å². The highest BCUT2D eigenvalue weighted by Gasteiger charge is 2.23. The van der Waals surface area contributed by atoms with E-state index in [0.717, 1.165) is 18.4 Å². The fourth-order valence-electron chi connectivity index (χ4n) is 3.10. The predicted molar refractivity (Wildman–Crippen MR) is 86.9 cm³/mol. The SMILES string of the molecule is COc1ccc(CCC(=O)NC2CCc3ccccc32)cc1F. The molecule has 1 aliphatic carbocycles. The zero-order valence-corrected chi connectivity index (χ0v) is 13.1. The number of amides is 1. The summed E-state index contributed by atoms with van der Waals surface area (Å²) in [5.74, 6) is -0.168. The summed E-state index contributed by atoms with van der Waals surface area (Å²) in [6, 6.07) is 13.1. The molecule has 4 heteroatoms. The smallest absolute Gasteiger partial charge is 0.220 e. The van der Waals surface area contributed by atoms with Crippen LogP contribution < -0.4 is 10.1 Å². The molecule has 0 radical (unpaired) electrons. The van der Waals surface area contributed by atoms with Crippen molar-refractivity contribution in [2.45, 2.75) is 31.7 Å². The van der Waals surface area contributed by atoms with Gasteiger partial charge >= 0.3 is 0 Å². The number of rotatable bonds is 5. The lowest BCUT2D eigenvalue weighted by atomic mass is 10.1. The summed E-state index contributed by atoms with van der Waals surface area (Å²) in [6.45, 7) is 0. The van der Waals surface area contributed by atoms with Crippen LogP contribution in [0.3, 0.4) is 0 Å². The fourth-order valence-corrected chi connectivity index (χ4v) is 3.10. The first-order chi connectivity index (χ1) is 11.2. The lowest BCUT2D eigenvalue weighted by Gasteiger charge is -2.14. The van der Waals surface area contributed by atoms with Crippen molar-refractivity contribution in [1.82, 2.24) is 5.32 Å². The number of hydrogen-bond acceptors (Lipinski definition) is 2. The van der Waals surface area contributed by atoms with E-state index in [-0.39, 0.29) is 17.7 Å². The first-order valence-electron chi connectivity index (χ1n) is 7.87. The zero-order chi connectivity index (χ0) is 16.2. The predicted octanol–water partition coefficient (Wildman–Crippen LogP) is 3.57. The second-order valence-corrected chi connectivity index (χ2v) is 5.83. The minimum atomic E-state index is -0.393. The van der Waals surface area contributed by atoms with Crippen molar-refractivity contribution in [3.05, 3.63) is 65.0 Å². The maximum absolute atomic E-state index is 13.6. The number of carbonyl (C=O) groups excluding carboxylic acids is 1. The van der Waals surface area contributed by atoms with E-state index in [1.165, 1.54) is 24.3 Å². The van der Waals surface area contributed by atoms with Crippen LogP contribution in [-0.4, -0.2) is 13.0 Å². The summed E-state index contributed by atoms with van der Waals surface area (Å²) in [5, 5.41) is 3.09. The van der Waals surface area contributed by atoms with Gasteiger partial charge in [0.05, 0.1) is 13.2 Å². The highest BCUT2D eigenvalue weighted by atomic mass is 19.1. The molecule has 3 nitrogen and oxygen atoms in total. The Morgan fingerprint density at radius 2 is 2.13 bits per heavy atom. The van der Waals surface area contributed by atoms with Crippen LogP contribution in [0.5, 0.6) is 5.75 Å². The summed E-state index contributed by atoms with van der Waals surface area (Å²) < 4.78 is 18.5. The van der Waals surface area contributed by atoms with E-state index in [1.807, 2.05) is 12.1 Å². The van der Waals surface area contributed by atoms with E-state index in [2.05, 4.69) is 17.4 Å². The number of nitrogens with one attached hydrogen (secondary N) is 1. The Balaban J connectivity index is 1.55. The average molecular weight is 313 g/mol. The third-order valence-corrected chi connectivity index (χ3v) is 4.33. The minimum absolute atomic E-state index is 0.00271. The van der Waals surface area contributed by atoms with Gasteiger partial charge in [-0.25, -0.2) is 4.39 Å². The van der Waals surface area contributed by atoms with Crippen molar-refractivity contribution in [3.8, 4) is 5.75 Å². The molecule has 0 aliphatic heterocycles. The quantitative estimate of drug-likeness (QED) is 0.916. The van der Waals surface area contributed by atoms with Crippen molar-refractivity contribution < 1.29 is 13.9 Å². The Hall–Kier alpha value is -2.36.